The average molecular weight is 359 g/mol. The van der Waals surface area contributed by atoms with E-state index in [1.807, 2.05) is 13.0 Å². The Labute approximate surface area is 156 Å². The summed E-state index contributed by atoms with van der Waals surface area (Å²) < 4.78 is 13.3. The summed E-state index contributed by atoms with van der Waals surface area (Å²) in [5.74, 6) is -0.233. The van der Waals surface area contributed by atoms with E-state index in [9.17, 15) is 9.18 Å². The number of pyridine rings is 1. The van der Waals surface area contributed by atoms with Crippen LogP contribution < -0.4 is 5.32 Å². The van der Waals surface area contributed by atoms with Crippen LogP contribution in [0.1, 0.15) is 51.5 Å². The fourth-order valence-electron chi connectivity index (χ4n) is 3.38. The van der Waals surface area contributed by atoms with Crippen molar-refractivity contribution in [3.8, 4) is 6.07 Å². The molecule has 1 heterocycles. The van der Waals surface area contributed by atoms with Crippen molar-refractivity contribution < 1.29 is 9.18 Å². The third-order valence-corrected chi connectivity index (χ3v) is 4.94. The fourth-order valence-corrected chi connectivity index (χ4v) is 3.38. The van der Waals surface area contributed by atoms with Gasteiger partial charge >= 0.3 is 0 Å². The second-order valence-corrected chi connectivity index (χ2v) is 6.93. The van der Waals surface area contributed by atoms with Gasteiger partial charge in [-0.25, -0.2) is 4.39 Å². The summed E-state index contributed by atoms with van der Waals surface area (Å²) >= 11 is 0. The van der Waals surface area contributed by atoms with E-state index in [1.54, 1.807) is 24.3 Å². The van der Waals surface area contributed by atoms with Gasteiger partial charge in [-0.1, -0.05) is 18.2 Å². The van der Waals surface area contributed by atoms with Crippen LogP contribution in [-0.4, -0.2) is 10.9 Å². The molecule has 0 bridgehead atoms. The lowest BCUT2D eigenvalue weighted by Crippen LogP contribution is -2.25. The maximum atomic E-state index is 13.3. The van der Waals surface area contributed by atoms with Crippen LogP contribution in [0.4, 0.5) is 4.39 Å². The number of hydrogen-bond acceptors (Lipinski definition) is 3. The Bertz CT molecular complexity index is 1100. The molecule has 4 nitrogen and oxygen atoms in total. The van der Waals surface area contributed by atoms with Crippen LogP contribution in [0.5, 0.6) is 0 Å². The fraction of sp³-hybridized carbons (Fsp3) is 0.227. The second kappa shape index (κ2) is 6.81. The van der Waals surface area contributed by atoms with Gasteiger partial charge in [-0.3, -0.25) is 9.78 Å². The first-order valence-corrected chi connectivity index (χ1v) is 8.94. The van der Waals surface area contributed by atoms with E-state index in [2.05, 4.69) is 11.4 Å². The third kappa shape index (κ3) is 3.39. The van der Waals surface area contributed by atoms with Crippen molar-refractivity contribution in [1.29, 1.82) is 5.26 Å². The molecule has 1 N–H and O–H groups in total. The molecule has 1 aliphatic carbocycles. The summed E-state index contributed by atoms with van der Waals surface area (Å²) in [6, 6.07) is 13.7. The number of fused-ring (bicyclic) bond motifs is 1. The van der Waals surface area contributed by atoms with Crippen LogP contribution in [0.3, 0.4) is 0 Å². The monoisotopic (exact) mass is 359 g/mol. The van der Waals surface area contributed by atoms with Gasteiger partial charge in [0.05, 0.1) is 28.4 Å². The average Bonchev–Trinajstić information content (AvgIpc) is 3.51. The number of carbonyl (C=O) groups excluding carboxylic acids is 1. The highest BCUT2D eigenvalue weighted by Crippen LogP contribution is 2.42. The zero-order valence-electron chi connectivity index (χ0n) is 14.9. The lowest BCUT2D eigenvalue weighted by Gasteiger charge is -2.15. The first-order valence-electron chi connectivity index (χ1n) is 8.94. The molecule has 0 atom stereocenters. The number of hydrogen-bond donors (Lipinski definition) is 1. The molecule has 5 heteroatoms. The molecule has 27 heavy (non-hydrogen) atoms. The maximum Gasteiger partial charge on any atom is 0.253 e. The van der Waals surface area contributed by atoms with Gasteiger partial charge in [-0.15, -0.1) is 0 Å². The summed E-state index contributed by atoms with van der Waals surface area (Å²) in [7, 11) is 0. The van der Waals surface area contributed by atoms with Crippen LogP contribution in [0.25, 0.3) is 10.9 Å². The highest BCUT2D eigenvalue weighted by atomic mass is 19.1. The summed E-state index contributed by atoms with van der Waals surface area (Å²) in [5, 5.41) is 12.9. The minimum absolute atomic E-state index is 0.197. The number of nitrogens with zero attached hydrogens (tertiary/aromatic N) is 2. The molecule has 4 rings (SSSR count). The van der Waals surface area contributed by atoms with Gasteiger partial charge in [0.1, 0.15) is 5.82 Å². The molecule has 134 valence electrons. The molecule has 1 saturated carbocycles. The Morgan fingerprint density at radius 2 is 2.11 bits per heavy atom. The van der Waals surface area contributed by atoms with Crippen LogP contribution in [0.2, 0.25) is 0 Å². The normalized spacial score (nSPS) is 13.4. The summed E-state index contributed by atoms with van der Waals surface area (Å²) in [5.41, 5.74) is 4.28. The SMILES string of the molecule is Cc1c(C(=O)NCc2cccc(F)c2)c(C2CC2)nc2cc(C#N)ccc12. The number of carbonyl (C=O) groups is 1. The predicted octanol–water partition coefficient (Wildman–Crippen LogP) is 4.36. The molecule has 1 fully saturated rings. The molecule has 0 aliphatic heterocycles. The lowest BCUT2D eigenvalue weighted by atomic mass is 9.97. The van der Waals surface area contributed by atoms with Gasteiger partial charge in [0.2, 0.25) is 0 Å². The molecule has 0 saturated heterocycles. The molecule has 0 spiro atoms. The molecular formula is C22H18FN3O. The lowest BCUT2D eigenvalue weighted by molar-refractivity contribution is 0.0949. The first-order chi connectivity index (χ1) is 13.1. The predicted molar refractivity (Wildman–Crippen MR) is 101 cm³/mol. The topological polar surface area (TPSA) is 65.8 Å². The van der Waals surface area contributed by atoms with E-state index in [-0.39, 0.29) is 24.2 Å². The van der Waals surface area contributed by atoms with Gasteiger partial charge in [0.25, 0.3) is 5.91 Å². The number of benzene rings is 2. The van der Waals surface area contributed by atoms with E-state index in [0.29, 0.717) is 16.7 Å². The summed E-state index contributed by atoms with van der Waals surface area (Å²) in [6.45, 7) is 2.17. The Morgan fingerprint density at radius 1 is 1.30 bits per heavy atom. The zero-order chi connectivity index (χ0) is 19.0. The van der Waals surface area contributed by atoms with Crippen LogP contribution in [-0.2, 0) is 6.54 Å². The summed E-state index contributed by atoms with van der Waals surface area (Å²) in [4.78, 5) is 17.7. The van der Waals surface area contributed by atoms with Crippen molar-refractivity contribution in [3.05, 3.63) is 76.2 Å². The number of nitriles is 1. The van der Waals surface area contributed by atoms with Gasteiger partial charge < -0.3 is 5.32 Å². The van der Waals surface area contributed by atoms with Crippen molar-refractivity contribution in [2.75, 3.05) is 0 Å². The van der Waals surface area contributed by atoms with Crippen LogP contribution in [0.15, 0.2) is 42.5 Å². The molecule has 1 aliphatic rings. The molecule has 1 aromatic heterocycles. The number of aryl methyl sites for hydroxylation is 1. The quantitative estimate of drug-likeness (QED) is 0.753. The van der Waals surface area contributed by atoms with Crippen molar-refractivity contribution in [2.24, 2.45) is 0 Å². The van der Waals surface area contributed by atoms with Gasteiger partial charge in [-0.05, 0) is 55.2 Å². The molecule has 0 radical (unpaired) electrons. The van der Waals surface area contributed by atoms with E-state index in [4.69, 9.17) is 10.2 Å². The van der Waals surface area contributed by atoms with E-state index in [0.717, 1.165) is 35.0 Å². The Balaban J connectivity index is 1.71. The van der Waals surface area contributed by atoms with Gasteiger partial charge in [-0.2, -0.15) is 5.26 Å². The highest BCUT2D eigenvalue weighted by molar-refractivity contribution is 6.01. The smallest absolute Gasteiger partial charge is 0.253 e. The number of amides is 1. The molecular weight excluding hydrogens is 341 g/mol. The van der Waals surface area contributed by atoms with Crippen LogP contribution in [0, 0.1) is 24.1 Å². The second-order valence-electron chi connectivity index (χ2n) is 6.93. The largest absolute Gasteiger partial charge is 0.348 e. The van der Waals surface area contributed by atoms with E-state index < -0.39 is 0 Å². The summed E-state index contributed by atoms with van der Waals surface area (Å²) in [6.07, 6.45) is 2.03. The third-order valence-electron chi connectivity index (χ3n) is 4.94. The van der Waals surface area contributed by atoms with Crippen molar-refractivity contribution in [1.82, 2.24) is 10.3 Å². The molecule has 3 aromatic rings. The van der Waals surface area contributed by atoms with E-state index >= 15 is 0 Å². The van der Waals surface area contributed by atoms with Gasteiger partial charge in [0, 0.05) is 17.8 Å². The molecule has 1 amide bonds. The molecule has 0 unspecified atom stereocenters. The number of rotatable bonds is 4. The number of halogens is 1. The first kappa shape index (κ1) is 17.2. The van der Waals surface area contributed by atoms with Gasteiger partial charge in [0.15, 0.2) is 0 Å². The van der Waals surface area contributed by atoms with Crippen molar-refractivity contribution >= 4 is 16.8 Å². The van der Waals surface area contributed by atoms with E-state index in [1.165, 1.54) is 12.1 Å². The Hall–Kier alpha value is -3.26. The minimum Gasteiger partial charge on any atom is -0.348 e. The van der Waals surface area contributed by atoms with Crippen LogP contribution >= 0.6 is 0 Å². The Kier molecular flexibility index (Phi) is 4.33. The maximum absolute atomic E-state index is 13.3. The number of aromatic nitrogens is 1. The number of nitrogens with one attached hydrogen (secondary N) is 1. The Morgan fingerprint density at radius 3 is 2.81 bits per heavy atom. The standard InChI is InChI=1S/C22H18FN3O/c1-13-18-8-5-14(11-24)10-19(18)26-21(16-6-7-16)20(13)22(27)25-12-15-3-2-4-17(23)9-15/h2-5,8-10,16H,6-7,12H2,1H3,(H,25,27). The highest BCUT2D eigenvalue weighted by Gasteiger charge is 2.31. The minimum atomic E-state index is -0.322. The van der Waals surface area contributed by atoms with Crippen molar-refractivity contribution in [2.45, 2.75) is 32.2 Å². The molecule has 2 aromatic carbocycles. The zero-order valence-corrected chi connectivity index (χ0v) is 14.9. The van der Waals surface area contributed by atoms with Crippen molar-refractivity contribution in [3.63, 3.8) is 0 Å².